The molecule has 3 rings (SSSR count). The van der Waals surface area contributed by atoms with Gasteiger partial charge in [0.2, 0.25) is 0 Å². The monoisotopic (exact) mass is 401 g/mol. The molecule has 5 nitrogen and oxygen atoms in total. The summed E-state index contributed by atoms with van der Waals surface area (Å²) in [7, 11) is 2.11. The smallest absolute Gasteiger partial charge is 0.255 e. The van der Waals surface area contributed by atoms with E-state index in [1.54, 1.807) is 12.1 Å². The highest BCUT2D eigenvalue weighted by Gasteiger charge is 2.20. The number of carbonyl (C=O) groups is 1. The van der Waals surface area contributed by atoms with Gasteiger partial charge in [-0.2, -0.15) is 0 Å². The van der Waals surface area contributed by atoms with E-state index in [0.717, 1.165) is 56.1 Å². The molecule has 1 aliphatic rings. The molecule has 0 saturated carbocycles. The molecule has 6 heteroatoms. The number of anilines is 2. The van der Waals surface area contributed by atoms with Gasteiger partial charge in [-0.15, -0.1) is 0 Å². The number of nitrogens with one attached hydrogen (secondary N) is 1. The van der Waals surface area contributed by atoms with E-state index in [0.29, 0.717) is 17.2 Å². The van der Waals surface area contributed by atoms with Gasteiger partial charge in [-0.25, -0.2) is 0 Å². The quantitative estimate of drug-likeness (QED) is 0.692. The van der Waals surface area contributed by atoms with Crippen LogP contribution in [0, 0.1) is 0 Å². The largest absolute Gasteiger partial charge is 0.494 e. The summed E-state index contributed by atoms with van der Waals surface area (Å²) in [6, 6.07) is 12.9. The van der Waals surface area contributed by atoms with Crippen LogP contribution in [0.25, 0.3) is 0 Å². The molecule has 0 atom stereocenters. The van der Waals surface area contributed by atoms with Gasteiger partial charge in [0, 0.05) is 31.7 Å². The molecule has 0 aliphatic carbocycles. The number of hydrogen-bond donors (Lipinski definition) is 1. The van der Waals surface area contributed by atoms with Gasteiger partial charge in [-0.3, -0.25) is 4.79 Å². The van der Waals surface area contributed by atoms with Crippen LogP contribution >= 0.6 is 11.6 Å². The number of rotatable bonds is 7. The third kappa shape index (κ3) is 5.18. The van der Waals surface area contributed by atoms with E-state index >= 15 is 0 Å². The summed E-state index contributed by atoms with van der Waals surface area (Å²) in [6.07, 6.45) is 2.11. The van der Waals surface area contributed by atoms with Crippen LogP contribution < -0.4 is 15.0 Å². The van der Waals surface area contributed by atoms with Crippen molar-refractivity contribution in [3.8, 4) is 5.75 Å². The molecule has 1 amide bonds. The molecule has 1 saturated heterocycles. The summed E-state index contributed by atoms with van der Waals surface area (Å²) in [6.45, 7) is 6.53. The molecule has 0 radical (unpaired) electrons. The van der Waals surface area contributed by atoms with Crippen molar-refractivity contribution in [1.29, 1.82) is 0 Å². The van der Waals surface area contributed by atoms with Gasteiger partial charge in [0.05, 0.1) is 23.0 Å². The number of unbranched alkanes of at least 4 members (excludes halogenated alkanes) is 1. The number of piperazine rings is 1. The summed E-state index contributed by atoms with van der Waals surface area (Å²) in [4.78, 5) is 17.3. The van der Waals surface area contributed by atoms with Crippen LogP contribution in [-0.4, -0.2) is 50.6 Å². The predicted molar refractivity (Wildman–Crippen MR) is 116 cm³/mol. The summed E-state index contributed by atoms with van der Waals surface area (Å²) < 4.78 is 5.66. The molecule has 1 fully saturated rings. The molecule has 0 bridgehead atoms. The molecule has 1 heterocycles. The van der Waals surface area contributed by atoms with Crippen LogP contribution in [0.3, 0.4) is 0 Å². The average Bonchev–Trinajstić information content (AvgIpc) is 2.70. The minimum absolute atomic E-state index is 0.155. The number of amides is 1. The van der Waals surface area contributed by atoms with Gasteiger partial charge in [0.1, 0.15) is 5.75 Å². The third-order valence-corrected chi connectivity index (χ3v) is 5.24. The van der Waals surface area contributed by atoms with Crippen LogP contribution in [-0.2, 0) is 0 Å². The summed E-state index contributed by atoms with van der Waals surface area (Å²) >= 11 is 6.49. The summed E-state index contributed by atoms with van der Waals surface area (Å²) in [5.41, 5.74) is 2.22. The van der Waals surface area contributed by atoms with Crippen molar-refractivity contribution in [2.75, 3.05) is 50.1 Å². The zero-order valence-electron chi connectivity index (χ0n) is 16.6. The van der Waals surface area contributed by atoms with Crippen molar-refractivity contribution < 1.29 is 9.53 Å². The first-order valence-electron chi connectivity index (χ1n) is 9.84. The Bertz CT molecular complexity index is 787. The fraction of sp³-hybridized carbons (Fsp3) is 0.409. The average molecular weight is 402 g/mol. The van der Waals surface area contributed by atoms with Crippen molar-refractivity contribution in [3.05, 3.63) is 53.1 Å². The fourth-order valence-corrected chi connectivity index (χ4v) is 3.49. The van der Waals surface area contributed by atoms with E-state index in [-0.39, 0.29) is 5.91 Å². The number of halogens is 1. The molecular weight excluding hydrogens is 374 g/mol. The van der Waals surface area contributed by atoms with Crippen molar-refractivity contribution >= 4 is 28.9 Å². The third-order valence-electron chi connectivity index (χ3n) is 4.94. The molecule has 0 aromatic heterocycles. The molecule has 0 unspecified atom stereocenters. The van der Waals surface area contributed by atoms with E-state index in [9.17, 15) is 4.79 Å². The van der Waals surface area contributed by atoms with E-state index in [1.807, 2.05) is 30.3 Å². The first-order chi connectivity index (χ1) is 13.6. The lowest BCUT2D eigenvalue weighted by Crippen LogP contribution is -2.44. The maximum Gasteiger partial charge on any atom is 0.255 e. The number of benzene rings is 2. The van der Waals surface area contributed by atoms with Crippen LogP contribution in [0.5, 0.6) is 5.75 Å². The van der Waals surface area contributed by atoms with Crippen LogP contribution in [0.4, 0.5) is 11.4 Å². The van der Waals surface area contributed by atoms with Crippen molar-refractivity contribution in [2.24, 2.45) is 0 Å². The Balaban J connectivity index is 1.71. The van der Waals surface area contributed by atoms with Crippen LogP contribution in [0.1, 0.15) is 30.1 Å². The van der Waals surface area contributed by atoms with E-state index in [1.165, 1.54) is 0 Å². The number of nitrogens with zero attached hydrogens (tertiary/aromatic N) is 2. The number of likely N-dealkylation sites (N-methyl/N-ethyl adjacent to an activating group) is 1. The molecule has 0 spiro atoms. The minimum atomic E-state index is -0.155. The second-order valence-electron chi connectivity index (χ2n) is 7.11. The Labute approximate surface area is 172 Å². The van der Waals surface area contributed by atoms with Crippen molar-refractivity contribution in [1.82, 2.24) is 4.90 Å². The maximum absolute atomic E-state index is 12.8. The highest BCUT2D eigenvalue weighted by Crippen LogP contribution is 2.34. The van der Waals surface area contributed by atoms with Crippen LogP contribution in [0.2, 0.25) is 5.02 Å². The molecular formula is C22H28ClN3O2. The van der Waals surface area contributed by atoms with Gasteiger partial charge in [-0.1, -0.05) is 31.0 Å². The normalized spacial score (nSPS) is 14.8. The Morgan fingerprint density at radius 3 is 2.50 bits per heavy atom. The van der Waals surface area contributed by atoms with Gasteiger partial charge in [-0.05, 0) is 49.9 Å². The predicted octanol–water partition coefficient (Wildman–Crippen LogP) is 4.52. The van der Waals surface area contributed by atoms with Crippen molar-refractivity contribution in [3.63, 3.8) is 0 Å². The zero-order valence-corrected chi connectivity index (χ0v) is 17.3. The standard InChI is InChI=1S/C22H28ClN3O2/c1-3-4-16-28-18-10-8-17(9-11-18)22(27)24-20-7-5-6-19(23)21(20)26-14-12-25(2)13-15-26/h5-11H,3-4,12-16H2,1-2H3,(H,24,27). The Morgan fingerprint density at radius 1 is 1.11 bits per heavy atom. The zero-order chi connectivity index (χ0) is 19.9. The minimum Gasteiger partial charge on any atom is -0.494 e. The summed E-state index contributed by atoms with van der Waals surface area (Å²) in [5, 5.41) is 3.68. The highest BCUT2D eigenvalue weighted by molar-refractivity contribution is 6.34. The summed E-state index contributed by atoms with van der Waals surface area (Å²) in [5.74, 6) is 0.628. The maximum atomic E-state index is 12.8. The van der Waals surface area contributed by atoms with Crippen molar-refractivity contribution in [2.45, 2.75) is 19.8 Å². The van der Waals surface area contributed by atoms with Gasteiger partial charge in [0.15, 0.2) is 0 Å². The van der Waals surface area contributed by atoms with Gasteiger partial charge >= 0.3 is 0 Å². The Kier molecular flexibility index (Phi) is 7.18. The molecule has 28 heavy (non-hydrogen) atoms. The number of hydrogen-bond acceptors (Lipinski definition) is 4. The second kappa shape index (κ2) is 9.80. The SMILES string of the molecule is CCCCOc1ccc(C(=O)Nc2cccc(Cl)c2N2CCN(C)CC2)cc1. The van der Waals surface area contributed by atoms with Gasteiger partial charge < -0.3 is 19.9 Å². The molecule has 1 aliphatic heterocycles. The first kappa shape index (κ1) is 20.5. The van der Waals surface area contributed by atoms with E-state index < -0.39 is 0 Å². The number of carbonyl (C=O) groups excluding carboxylic acids is 1. The molecule has 150 valence electrons. The Morgan fingerprint density at radius 2 is 1.82 bits per heavy atom. The second-order valence-corrected chi connectivity index (χ2v) is 7.51. The fourth-order valence-electron chi connectivity index (χ4n) is 3.20. The molecule has 2 aromatic rings. The number of ether oxygens (including phenoxy) is 1. The van der Waals surface area contributed by atoms with E-state index in [2.05, 4.69) is 29.1 Å². The molecule has 2 aromatic carbocycles. The lowest BCUT2D eigenvalue weighted by Gasteiger charge is -2.35. The first-order valence-corrected chi connectivity index (χ1v) is 10.2. The lowest BCUT2D eigenvalue weighted by molar-refractivity contribution is 0.102. The highest BCUT2D eigenvalue weighted by atomic mass is 35.5. The Hall–Kier alpha value is -2.24. The lowest BCUT2D eigenvalue weighted by atomic mass is 10.1. The van der Waals surface area contributed by atoms with Crippen LogP contribution in [0.15, 0.2) is 42.5 Å². The number of para-hydroxylation sites is 1. The van der Waals surface area contributed by atoms with Gasteiger partial charge in [0.25, 0.3) is 5.91 Å². The van der Waals surface area contributed by atoms with E-state index in [4.69, 9.17) is 16.3 Å². The topological polar surface area (TPSA) is 44.8 Å². The molecule has 1 N–H and O–H groups in total.